The number of carbonyl (C=O) groups is 2. The van der Waals surface area contributed by atoms with Gasteiger partial charge in [-0.05, 0) is 25.0 Å². The van der Waals surface area contributed by atoms with Crippen molar-refractivity contribution in [3.8, 4) is 0 Å². The lowest BCUT2D eigenvalue weighted by atomic mass is 10.0. The lowest BCUT2D eigenvalue weighted by Gasteiger charge is -2.33. The molecule has 210 valence electrons. The molecule has 0 spiro atoms. The Hall–Kier alpha value is -1.96. The van der Waals surface area contributed by atoms with Crippen molar-refractivity contribution >= 4 is 23.9 Å². The molecule has 0 aromatic carbocycles. The quantitative estimate of drug-likeness (QED) is 0.160. The second kappa shape index (κ2) is 21.0. The molecular weight excluding hydrogens is 486 g/mol. The highest BCUT2D eigenvalue weighted by atomic mass is 32.2. The monoisotopic (exact) mass is 535 g/mol. The number of ether oxygens (including phenoxy) is 2. The van der Waals surface area contributed by atoms with Gasteiger partial charge in [-0.1, -0.05) is 96.5 Å². The Morgan fingerprint density at radius 3 is 1.84 bits per heavy atom. The molecule has 8 heteroatoms. The molecule has 2 N–H and O–H groups in total. The molecular formula is C29H49N3O4S. The number of hydrogen-bond acceptors (Lipinski definition) is 6. The number of nitrogens with one attached hydrogen (secondary N) is 2. The number of aromatic nitrogens is 1. The van der Waals surface area contributed by atoms with Crippen molar-refractivity contribution in [2.45, 2.75) is 120 Å². The van der Waals surface area contributed by atoms with Crippen LogP contribution in [0.25, 0.3) is 0 Å². The van der Waals surface area contributed by atoms with Crippen LogP contribution in [0.4, 0.5) is 9.59 Å². The molecule has 0 radical (unpaired) electrons. The summed E-state index contributed by atoms with van der Waals surface area (Å²) < 4.78 is 10.6. The zero-order valence-corrected chi connectivity index (χ0v) is 23.7. The topological polar surface area (TPSA) is 89.5 Å². The molecule has 1 fully saturated rings. The third-order valence-corrected chi connectivity index (χ3v) is 8.08. The van der Waals surface area contributed by atoms with E-state index in [1.54, 1.807) is 18.0 Å². The van der Waals surface area contributed by atoms with E-state index >= 15 is 0 Å². The van der Waals surface area contributed by atoms with Crippen LogP contribution in [0.2, 0.25) is 0 Å². The third kappa shape index (κ3) is 16.5. The Morgan fingerprint density at radius 2 is 1.32 bits per heavy atom. The van der Waals surface area contributed by atoms with Gasteiger partial charge in [0.1, 0.15) is 13.2 Å². The zero-order valence-electron chi connectivity index (χ0n) is 22.9. The number of rotatable bonds is 21. The number of hydrogen-bond donors (Lipinski definition) is 2. The van der Waals surface area contributed by atoms with Gasteiger partial charge in [-0.2, -0.15) is 0 Å². The number of pyridine rings is 1. The average molecular weight is 536 g/mol. The molecule has 1 saturated heterocycles. The maximum atomic E-state index is 11.9. The fourth-order valence-corrected chi connectivity index (χ4v) is 5.55. The van der Waals surface area contributed by atoms with Gasteiger partial charge < -0.3 is 20.1 Å². The smallest absolute Gasteiger partial charge is 0.407 e. The van der Waals surface area contributed by atoms with E-state index in [4.69, 9.17) is 9.47 Å². The van der Waals surface area contributed by atoms with Crippen molar-refractivity contribution in [1.82, 2.24) is 15.6 Å². The van der Waals surface area contributed by atoms with Crippen LogP contribution in [0.5, 0.6) is 0 Å². The fraction of sp³-hybridized carbons (Fsp3) is 0.759. The zero-order chi connectivity index (χ0) is 26.4. The molecule has 37 heavy (non-hydrogen) atoms. The van der Waals surface area contributed by atoms with Crippen LogP contribution >= 0.6 is 11.8 Å². The minimum absolute atomic E-state index is 0.257. The molecule has 1 aliphatic rings. The highest BCUT2D eigenvalue weighted by molar-refractivity contribution is 8.01. The van der Waals surface area contributed by atoms with Crippen molar-refractivity contribution in [3.63, 3.8) is 0 Å². The van der Waals surface area contributed by atoms with Crippen LogP contribution in [0.3, 0.4) is 0 Å². The van der Waals surface area contributed by atoms with Crippen LogP contribution < -0.4 is 10.6 Å². The summed E-state index contributed by atoms with van der Waals surface area (Å²) in [6.07, 6.45) is 20.4. The molecule has 7 nitrogen and oxygen atoms in total. The first kappa shape index (κ1) is 31.3. The number of nitrogens with zero attached hydrogens (tertiary/aromatic N) is 1. The van der Waals surface area contributed by atoms with Gasteiger partial charge >= 0.3 is 12.2 Å². The summed E-state index contributed by atoms with van der Waals surface area (Å²) in [6.45, 7) is 4.06. The standard InChI is InChI=1S/C29H49N3O4S/c1-2-3-4-5-6-7-8-9-10-11-12-13-14-16-20-31-28(33)35-23-26-21-27(37-26)24-36-29(34)32-22-25-18-15-17-19-30-25/h15,17-19,26-27H,2-14,16,20-24H2,1H3,(H,31,33)(H,32,34). The van der Waals surface area contributed by atoms with E-state index in [0.717, 1.165) is 25.0 Å². The normalized spacial score (nSPS) is 16.6. The summed E-state index contributed by atoms with van der Waals surface area (Å²) in [5, 5.41) is 6.08. The predicted molar refractivity (Wildman–Crippen MR) is 152 cm³/mol. The molecule has 1 aliphatic heterocycles. The second-order valence-corrected chi connectivity index (χ2v) is 11.6. The maximum Gasteiger partial charge on any atom is 0.407 e. The van der Waals surface area contributed by atoms with Crippen LogP contribution in [0.1, 0.15) is 109 Å². The third-order valence-electron chi connectivity index (χ3n) is 6.65. The summed E-state index contributed by atoms with van der Waals surface area (Å²) >= 11 is 1.70. The minimum Gasteiger partial charge on any atom is -0.448 e. The van der Waals surface area contributed by atoms with E-state index in [9.17, 15) is 9.59 Å². The molecule has 0 aliphatic carbocycles. The van der Waals surface area contributed by atoms with Crippen LogP contribution in [-0.4, -0.2) is 47.4 Å². The summed E-state index contributed by atoms with van der Waals surface area (Å²) in [5.41, 5.74) is 0.789. The van der Waals surface area contributed by atoms with E-state index in [1.165, 1.54) is 77.0 Å². The Kier molecular flexibility index (Phi) is 17.8. The van der Waals surface area contributed by atoms with Gasteiger partial charge in [0, 0.05) is 23.2 Å². The van der Waals surface area contributed by atoms with Gasteiger partial charge in [0.25, 0.3) is 0 Å². The van der Waals surface area contributed by atoms with Gasteiger partial charge in [-0.15, -0.1) is 11.8 Å². The number of unbranched alkanes of at least 4 members (excludes halogenated alkanes) is 13. The van der Waals surface area contributed by atoms with Crippen LogP contribution in [0.15, 0.2) is 24.4 Å². The van der Waals surface area contributed by atoms with E-state index in [2.05, 4.69) is 22.5 Å². The van der Waals surface area contributed by atoms with E-state index in [0.29, 0.717) is 26.3 Å². The largest absolute Gasteiger partial charge is 0.448 e. The first-order chi connectivity index (χ1) is 18.2. The molecule has 1 aromatic rings. The maximum absolute atomic E-state index is 11.9. The van der Waals surface area contributed by atoms with Gasteiger partial charge in [-0.3, -0.25) is 4.98 Å². The predicted octanol–water partition coefficient (Wildman–Crippen LogP) is 7.39. The molecule has 2 amide bonds. The van der Waals surface area contributed by atoms with Crippen molar-refractivity contribution in [1.29, 1.82) is 0 Å². The molecule has 2 rings (SSSR count). The lowest BCUT2D eigenvalue weighted by Crippen LogP contribution is -2.37. The van der Waals surface area contributed by atoms with E-state index in [-0.39, 0.29) is 16.6 Å². The molecule has 0 bridgehead atoms. The highest BCUT2D eigenvalue weighted by Gasteiger charge is 2.31. The molecule has 0 saturated carbocycles. The van der Waals surface area contributed by atoms with Crippen LogP contribution in [-0.2, 0) is 16.0 Å². The van der Waals surface area contributed by atoms with Crippen molar-refractivity contribution < 1.29 is 19.1 Å². The number of thioether (sulfide) groups is 1. The van der Waals surface area contributed by atoms with Crippen molar-refractivity contribution in [2.75, 3.05) is 19.8 Å². The first-order valence-electron chi connectivity index (χ1n) is 14.5. The summed E-state index contributed by atoms with van der Waals surface area (Å²) in [4.78, 5) is 27.8. The van der Waals surface area contributed by atoms with Gasteiger partial charge in [0.05, 0.1) is 12.2 Å². The Labute approximate surface area is 228 Å². The Morgan fingerprint density at radius 1 is 0.811 bits per heavy atom. The Balaban J connectivity index is 1.30. The van der Waals surface area contributed by atoms with Crippen molar-refractivity contribution in [2.24, 2.45) is 0 Å². The number of carbonyl (C=O) groups excluding carboxylic acids is 2. The summed E-state index contributed by atoms with van der Waals surface area (Å²) in [7, 11) is 0. The van der Waals surface area contributed by atoms with Gasteiger partial charge in [0.15, 0.2) is 0 Å². The molecule has 2 heterocycles. The van der Waals surface area contributed by atoms with Crippen LogP contribution in [0, 0.1) is 0 Å². The first-order valence-corrected chi connectivity index (χ1v) is 15.5. The minimum atomic E-state index is -0.436. The molecule has 2 atom stereocenters. The molecule has 2 unspecified atom stereocenters. The van der Waals surface area contributed by atoms with Crippen molar-refractivity contribution in [3.05, 3.63) is 30.1 Å². The SMILES string of the molecule is CCCCCCCCCCCCCCCCNC(=O)OCC1CC(COC(=O)NCc2ccccn2)S1. The number of amides is 2. The fourth-order valence-electron chi connectivity index (χ4n) is 4.38. The van der Waals surface area contributed by atoms with E-state index < -0.39 is 6.09 Å². The highest BCUT2D eigenvalue weighted by Crippen LogP contribution is 2.36. The Bertz CT molecular complexity index is 716. The summed E-state index contributed by atoms with van der Waals surface area (Å²) in [6, 6.07) is 5.56. The van der Waals surface area contributed by atoms with Gasteiger partial charge in [-0.25, -0.2) is 9.59 Å². The number of alkyl carbamates (subject to hydrolysis) is 2. The summed E-state index contributed by atoms with van der Waals surface area (Å²) in [5.74, 6) is 0. The molecule has 1 aromatic heterocycles. The van der Waals surface area contributed by atoms with E-state index in [1.807, 2.05) is 18.2 Å². The van der Waals surface area contributed by atoms with Gasteiger partial charge in [0.2, 0.25) is 0 Å². The average Bonchev–Trinajstić information content (AvgIpc) is 2.89. The lowest BCUT2D eigenvalue weighted by molar-refractivity contribution is 0.134. The second-order valence-electron chi connectivity index (χ2n) is 10.0.